The van der Waals surface area contributed by atoms with Gasteiger partial charge < -0.3 is 8.94 Å². The molecule has 0 bridgehead atoms. The van der Waals surface area contributed by atoms with Crippen LogP contribution in [0.15, 0.2) is 21.2 Å². The maximum atomic E-state index is 12.4. The Labute approximate surface area is 120 Å². The average Bonchev–Trinajstić information content (AvgIpc) is 3.10. The Morgan fingerprint density at radius 3 is 2.52 bits per heavy atom. The highest BCUT2D eigenvalue weighted by atomic mass is 16.5. The van der Waals surface area contributed by atoms with Gasteiger partial charge in [-0.3, -0.25) is 4.79 Å². The fraction of sp³-hybridized carbons (Fsp3) is 0.286. The summed E-state index contributed by atoms with van der Waals surface area (Å²) in [7, 11) is 0. The van der Waals surface area contributed by atoms with Gasteiger partial charge in [0.1, 0.15) is 17.0 Å². The molecule has 0 fully saturated rings. The quantitative estimate of drug-likeness (QED) is 0.719. The van der Waals surface area contributed by atoms with Gasteiger partial charge in [0, 0.05) is 13.1 Å². The lowest BCUT2D eigenvalue weighted by Gasteiger charge is -1.99. The third-order valence-electron chi connectivity index (χ3n) is 3.18. The second kappa shape index (κ2) is 4.69. The lowest BCUT2D eigenvalue weighted by Crippen LogP contribution is -2.14. The molecule has 3 rings (SSSR count). The highest BCUT2D eigenvalue weighted by Crippen LogP contribution is 2.23. The minimum atomic E-state index is -0.286. The summed E-state index contributed by atoms with van der Waals surface area (Å²) in [6.45, 7) is 7.02. The number of nitrogens with zero attached hydrogens (tertiary/aromatic N) is 4. The second-order valence-corrected chi connectivity index (χ2v) is 4.80. The molecule has 3 aromatic rings. The molecule has 0 saturated carbocycles. The van der Waals surface area contributed by atoms with Crippen molar-refractivity contribution in [3.63, 3.8) is 0 Å². The van der Waals surface area contributed by atoms with Crippen LogP contribution in [0.5, 0.6) is 0 Å². The molecule has 0 atom stereocenters. The van der Waals surface area contributed by atoms with Gasteiger partial charge in [0.2, 0.25) is 0 Å². The van der Waals surface area contributed by atoms with Crippen molar-refractivity contribution in [2.24, 2.45) is 0 Å². The Balaban J connectivity index is 1.99. The van der Waals surface area contributed by atoms with E-state index in [2.05, 4.69) is 15.2 Å². The zero-order chi connectivity index (χ0) is 15.1. The first-order valence-electron chi connectivity index (χ1n) is 6.45. The fourth-order valence-corrected chi connectivity index (χ4v) is 2.23. The third-order valence-corrected chi connectivity index (χ3v) is 3.18. The van der Waals surface area contributed by atoms with Crippen molar-refractivity contribution in [1.82, 2.24) is 19.9 Å². The molecular formula is C14H14N4O3. The summed E-state index contributed by atoms with van der Waals surface area (Å²) in [5.74, 6) is 1.32. The van der Waals surface area contributed by atoms with Crippen molar-refractivity contribution < 1.29 is 13.7 Å². The first-order chi connectivity index (χ1) is 9.97. The van der Waals surface area contributed by atoms with Gasteiger partial charge in [0.25, 0.3) is 5.91 Å². The van der Waals surface area contributed by atoms with E-state index in [1.807, 2.05) is 6.92 Å². The molecule has 0 unspecified atom stereocenters. The summed E-state index contributed by atoms with van der Waals surface area (Å²) < 4.78 is 11.8. The van der Waals surface area contributed by atoms with Gasteiger partial charge >= 0.3 is 0 Å². The number of carbonyl (C=O) groups excluding carboxylic acids is 1. The number of aryl methyl sites for hydroxylation is 4. The average molecular weight is 286 g/mol. The molecule has 7 heteroatoms. The van der Waals surface area contributed by atoms with E-state index >= 15 is 0 Å². The van der Waals surface area contributed by atoms with Gasteiger partial charge in [-0.15, -0.1) is 0 Å². The highest BCUT2D eigenvalue weighted by Gasteiger charge is 2.21. The molecule has 3 heterocycles. The molecule has 0 aliphatic rings. The normalized spacial score (nSPS) is 11.0. The highest BCUT2D eigenvalue weighted by molar-refractivity contribution is 5.97. The van der Waals surface area contributed by atoms with Crippen molar-refractivity contribution in [1.29, 1.82) is 0 Å². The number of hydrogen-bond acceptors (Lipinski definition) is 6. The molecule has 108 valence electrons. The standard InChI is InChI=1S/C14H14N4O3/c1-7-12(9(3)21-17-7)14(19)18-6-5-11(16-18)13-8(2)15-10(4)20-13/h5-6H,1-4H3. The monoisotopic (exact) mass is 286 g/mol. The van der Waals surface area contributed by atoms with E-state index in [0.29, 0.717) is 34.4 Å². The summed E-state index contributed by atoms with van der Waals surface area (Å²) in [5, 5.41) is 8.04. The number of hydrogen-bond donors (Lipinski definition) is 0. The number of carbonyl (C=O) groups is 1. The van der Waals surface area contributed by atoms with E-state index < -0.39 is 0 Å². The van der Waals surface area contributed by atoms with E-state index in [0.717, 1.165) is 5.69 Å². The maximum Gasteiger partial charge on any atom is 0.283 e. The van der Waals surface area contributed by atoms with Crippen LogP contribution in [0.2, 0.25) is 0 Å². The van der Waals surface area contributed by atoms with Crippen molar-refractivity contribution in [2.45, 2.75) is 27.7 Å². The molecule has 0 N–H and O–H groups in total. The lowest BCUT2D eigenvalue weighted by atomic mass is 10.2. The molecule has 0 radical (unpaired) electrons. The predicted molar refractivity (Wildman–Crippen MR) is 72.9 cm³/mol. The van der Waals surface area contributed by atoms with Gasteiger partial charge in [-0.25, -0.2) is 9.67 Å². The minimum Gasteiger partial charge on any atom is -0.439 e. The molecule has 21 heavy (non-hydrogen) atoms. The van der Waals surface area contributed by atoms with Crippen LogP contribution in [-0.2, 0) is 0 Å². The molecule has 0 aromatic carbocycles. The number of rotatable bonds is 2. The summed E-state index contributed by atoms with van der Waals surface area (Å²) in [6, 6.07) is 1.71. The molecule has 3 aromatic heterocycles. The predicted octanol–water partition coefficient (Wildman–Crippen LogP) is 2.45. The van der Waals surface area contributed by atoms with E-state index in [9.17, 15) is 4.79 Å². The molecule has 0 spiro atoms. The summed E-state index contributed by atoms with van der Waals surface area (Å²) in [4.78, 5) is 16.6. The van der Waals surface area contributed by atoms with Crippen LogP contribution >= 0.6 is 0 Å². The van der Waals surface area contributed by atoms with Crippen LogP contribution in [0.25, 0.3) is 11.5 Å². The first-order valence-corrected chi connectivity index (χ1v) is 6.45. The Kier molecular flexibility index (Phi) is 2.97. The van der Waals surface area contributed by atoms with Crippen molar-refractivity contribution in [2.75, 3.05) is 0 Å². The van der Waals surface area contributed by atoms with E-state index in [-0.39, 0.29) is 5.91 Å². The Morgan fingerprint density at radius 2 is 1.95 bits per heavy atom. The Morgan fingerprint density at radius 1 is 1.19 bits per heavy atom. The minimum absolute atomic E-state index is 0.286. The molecule has 0 aliphatic carbocycles. The van der Waals surface area contributed by atoms with Crippen molar-refractivity contribution in [3.05, 3.63) is 40.9 Å². The molecule has 0 amide bonds. The molecule has 0 aliphatic heterocycles. The third kappa shape index (κ3) is 2.16. The summed E-state index contributed by atoms with van der Waals surface area (Å²) >= 11 is 0. The van der Waals surface area contributed by atoms with E-state index in [1.165, 1.54) is 4.68 Å². The van der Waals surface area contributed by atoms with E-state index in [4.69, 9.17) is 8.94 Å². The van der Waals surface area contributed by atoms with Gasteiger partial charge in [-0.1, -0.05) is 5.16 Å². The van der Waals surface area contributed by atoms with Gasteiger partial charge in [0.15, 0.2) is 11.7 Å². The van der Waals surface area contributed by atoms with Crippen LogP contribution < -0.4 is 0 Å². The van der Waals surface area contributed by atoms with Crippen LogP contribution in [0.3, 0.4) is 0 Å². The Bertz CT molecular complexity index is 806. The topological polar surface area (TPSA) is 87.0 Å². The summed E-state index contributed by atoms with van der Waals surface area (Å²) in [5.41, 5.74) is 2.27. The summed E-state index contributed by atoms with van der Waals surface area (Å²) in [6.07, 6.45) is 1.58. The number of aromatic nitrogens is 4. The van der Waals surface area contributed by atoms with Crippen LogP contribution in [0.4, 0.5) is 0 Å². The zero-order valence-corrected chi connectivity index (χ0v) is 12.2. The fourth-order valence-electron chi connectivity index (χ4n) is 2.23. The largest absolute Gasteiger partial charge is 0.439 e. The molecule has 7 nitrogen and oxygen atoms in total. The molecule has 0 saturated heterocycles. The van der Waals surface area contributed by atoms with Gasteiger partial charge in [0.05, 0.1) is 11.4 Å². The lowest BCUT2D eigenvalue weighted by molar-refractivity contribution is 0.0943. The maximum absolute atomic E-state index is 12.4. The smallest absolute Gasteiger partial charge is 0.283 e. The SMILES string of the molecule is Cc1nc(C)c(-c2ccn(C(=O)c3c(C)noc3C)n2)o1. The molecular weight excluding hydrogens is 272 g/mol. The van der Waals surface area contributed by atoms with Crippen molar-refractivity contribution >= 4 is 5.91 Å². The van der Waals surface area contributed by atoms with Crippen LogP contribution in [0, 0.1) is 27.7 Å². The van der Waals surface area contributed by atoms with Crippen molar-refractivity contribution in [3.8, 4) is 11.5 Å². The van der Waals surface area contributed by atoms with Crippen LogP contribution in [0.1, 0.15) is 33.4 Å². The number of oxazole rings is 1. The van der Waals surface area contributed by atoms with Gasteiger partial charge in [-0.05, 0) is 26.8 Å². The Hall–Kier alpha value is -2.70. The van der Waals surface area contributed by atoms with Gasteiger partial charge in [-0.2, -0.15) is 5.10 Å². The van der Waals surface area contributed by atoms with Crippen LogP contribution in [-0.4, -0.2) is 25.8 Å². The first kappa shape index (κ1) is 13.3. The second-order valence-electron chi connectivity index (χ2n) is 4.80. The van der Waals surface area contributed by atoms with E-state index in [1.54, 1.807) is 33.0 Å². The zero-order valence-electron chi connectivity index (χ0n) is 12.2.